The Morgan fingerprint density at radius 3 is 2.64 bits per heavy atom. The molecule has 2 aromatic heterocycles. The van der Waals surface area contributed by atoms with Crippen LogP contribution in [0.4, 0.5) is 0 Å². The third-order valence-corrected chi connectivity index (χ3v) is 4.16. The molecule has 3 rings (SSSR count). The first-order chi connectivity index (χ1) is 10.5. The molecule has 2 heterocycles. The predicted molar refractivity (Wildman–Crippen MR) is 84.8 cm³/mol. The highest BCUT2D eigenvalue weighted by Crippen LogP contribution is 2.24. The Morgan fingerprint density at radius 2 is 2.05 bits per heavy atom. The Hall–Kier alpha value is -2.14. The molecule has 1 N–H and O–H groups in total. The summed E-state index contributed by atoms with van der Waals surface area (Å²) in [7, 11) is 0. The quantitative estimate of drug-likeness (QED) is 0.802. The maximum absolute atomic E-state index is 9.64. The number of hydrogen-bond donors (Lipinski definition) is 1. The number of aliphatic hydroxyl groups is 1. The van der Waals surface area contributed by atoms with Gasteiger partial charge in [-0.3, -0.25) is 0 Å². The summed E-state index contributed by atoms with van der Waals surface area (Å²) in [6.45, 7) is 8.68. The fourth-order valence-corrected chi connectivity index (χ4v) is 2.74. The van der Waals surface area contributed by atoms with Crippen molar-refractivity contribution in [3.63, 3.8) is 0 Å². The van der Waals surface area contributed by atoms with E-state index in [1.54, 1.807) is 0 Å². The molecule has 116 valence electrons. The van der Waals surface area contributed by atoms with Gasteiger partial charge in [-0.15, -0.1) is 0 Å². The lowest BCUT2D eigenvalue weighted by Gasteiger charge is -2.08. The van der Waals surface area contributed by atoms with Gasteiger partial charge in [-0.1, -0.05) is 25.1 Å². The van der Waals surface area contributed by atoms with Gasteiger partial charge in [-0.05, 0) is 37.5 Å². The number of hydrogen-bond acceptors (Lipinski definition) is 4. The zero-order chi connectivity index (χ0) is 15.9. The molecular formula is C17H21N3O2. The number of fused-ring (bicyclic) bond motifs is 1. The molecule has 0 fully saturated rings. The zero-order valence-electron chi connectivity index (χ0n) is 13.4. The van der Waals surface area contributed by atoms with E-state index in [9.17, 15) is 5.11 Å². The SMILES string of the molecule is Cc1noc(C)c1Cn1c(CO)nc2cc(C(C)C)ccc21. The standard InChI is InChI=1S/C17H21N3O2/c1-10(2)13-5-6-16-15(7-13)18-17(9-21)20(16)8-14-11(3)19-22-12(14)4/h5-7,10,21H,8-9H2,1-4H3. The summed E-state index contributed by atoms with van der Waals surface area (Å²) in [4.78, 5) is 4.58. The number of imidazole rings is 1. The molecule has 0 amide bonds. The fourth-order valence-electron chi connectivity index (χ4n) is 2.74. The van der Waals surface area contributed by atoms with Crippen LogP contribution in [0.2, 0.25) is 0 Å². The molecule has 0 aliphatic heterocycles. The molecule has 0 saturated carbocycles. The molecule has 5 heteroatoms. The van der Waals surface area contributed by atoms with Crippen LogP contribution in [0.5, 0.6) is 0 Å². The topological polar surface area (TPSA) is 64.1 Å². The normalized spacial score (nSPS) is 11.7. The maximum Gasteiger partial charge on any atom is 0.138 e. The smallest absolute Gasteiger partial charge is 0.138 e. The van der Waals surface area contributed by atoms with E-state index in [-0.39, 0.29) is 6.61 Å². The Balaban J connectivity index is 2.12. The lowest BCUT2D eigenvalue weighted by atomic mass is 10.0. The molecule has 0 atom stereocenters. The summed E-state index contributed by atoms with van der Waals surface area (Å²) in [6, 6.07) is 6.30. The summed E-state index contributed by atoms with van der Waals surface area (Å²) in [6.07, 6.45) is 0. The molecule has 0 aliphatic rings. The van der Waals surface area contributed by atoms with Crippen molar-refractivity contribution in [2.75, 3.05) is 0 Å². The van der Waals surface area contributed by atoms with Crippen molar-refractivity contribution in [3.8, 4) is 0 Å². The van der Waals surface area contributed by atoms with E-state index in [1.807, 2.05) is 18.4 Å². The Kier molecular flexibility index (Phi) is 3.74. The number of rotatable bonds is 4. The van der Waals surface area contributed by atoms with E-state index in [0.29, 0.717) is 18.3 Å². The van der Waals surface area contributed by atoms with E-state index in [0.717, 1.165) is 28.1 Å². The molecule has 3 aromatic rings. The summed E-state index contributed by atoms with van der Waals surface area (Å²) in [5.41, 5.74) is 5.11. The molecule has 0 radical (unpaired) electrons. The summed E-state index contributed by atoms with van der Waals surface area (Å²) < 4.78 is 7.27. The molecule has 5 nitrogen and oxygen atoms in total. The van der Waals surface area contributed by atoms with Crippen LogP contribution in [-0.2, 0) is 13.2 Å². The van der Waals surface area contributed by atoms with E-state index in [2.05, 4.69) is 42.2 Å². The molecule has 0 unspecified atom stereocenters. The second-order valence-electron chi connectivity index (χ2n) is 5.98. The van der Waals surface area contributed by atoms with Crippen molar-refractivity contribution in [2.24, 2.45) is 0 Å². The number of nitrogens with zero attached hydrogens (tertiary/aromatic N) is 3. The molecule has 0 bridgehead atoms. The molecule has 0 spiro atoms. The summed E-state index contributed by atoms with van der Waals surface area (Å²) in [5, 5.41) is 13.6. The van der Waals surface area contributed by atoms with Gasteiger partial charge in [0.1, 0.15) is 18.2 Å². The molecule has 1 aromatic carbocycles. The Labute approximate surface area is 129 Å². The second kappa shape index (κ2) is 5.57. The zero-order valence-corrected chi connectivity index (χ0v) is 13.4. The van der Waals surface area contributed by atoms with Crippen LogP contribution < -0.4 is 0 Å². The highest BCUT2D eigenvalue weighted by molar-refractivity contribution is 5.77. The van der Waals surface area contributed by atoms with Gasteiger partial charge in [0.25, 0.3) is 0 Å². The first kappa shape index (κ1) is 14.8. The van der Waals surface area contributed by atoms with Crippen LogP contribution in [0, 0.1) is 13.8 Å². The van der Waals surface area contributed by atoms with E-state index in [1.165, 1.54) is 5.56 Å². The van der Waals surface area contributed by atoms with Gasteiger partial charge < -0.3 is 14.2 Å². The van der Waals surface area contributed by atoms with E-state index in [4.69, 9.17) is 4.52 Å². The highest BCUT2D eigenvalue weighted by Gasteiger charge is 2.16. The van der Waals surface area contributed by atoms with Crippen LogP contribution in [-0.4, -0.2) is 19.8 Å². The van der Waals surface area contributed by atoms with E-state index >= 15 is 0 Å². The van der Waals surface area contributed by atoms with Gasteiger partial charge in [-0.25, -0.2) is 4.98 Å². The maximum atomic E-state index is 9.64. The molecule has 0 saturated heterocycles. The average Bonchev–Trinajstić information content (AvgIpc) is 3.01. The van der Waals surface area contributed by atoms with Crippen molar-refractivity contribution in [1.82, 2.24) is 14.7 Å². The monoisotopic (exact) mass is 299 g/mol. The van der Waals surface area contributed by atoms with Crippen molar-refractivity contribution in [1.29, 1.82) is 0 Å². The average molecular weight is 299 g/mol. The largest absolute Gasteiger partial charge is 0.388 e. The fraction of sp³-hybridized carbons (Fsp3) is 0.412. The first-order valence-electron chi connectivity index (χ1n) is 7.53. The minimum Gasteiger partial charge on any atom is -0.388 e. The second-order valence-corrected chi connectivity index (χ2v) is 5.98. The number of benzene rings is 1. The van der Waals surface area contributed by atoms with Crippen molar-refractivity contribution >= 4 is 11.0 Å². The van der Waals surface area contributed by atoms with Crippen LogP contribution in [0.25, 0.3) is 11.0 Å². The van der Waals surface area contributed by atoms with Crippen molar-refractivity contribution < 1.29 is 9.63 Å². The third-order valence-electron chi connectivity index (χ3n) is 4.16. The summed E-state index contributed by atoms with van der Waals surface area (Å²) >= 11 is 0. The minimum atomic E-state index is -0.0882. The predicted octanol–water partition coefficient (Wildman–Crippen LogP) is 3.31. The van der Waals surface area contributed by atoms with Crippen LogP contribution in [0.3, 0.4) is 0 Å². The van der Waals surface area contributed by atoms with E-state index < -0.39 is 0 Å². The van der Waals surface area contributed by atoms with Gasteiger partial charge in [-0.2, -0.15) is 0 Å². The molecule has 22 heavy (non-hydrogen) atoms. The van der Waals surface area contributed by atoms with Gasteiger partial charge in [0.15, 0.2) is 0 Å². The van der Waals surface area contributed by atoms with Crippen LogP contribution in [0.1, 0.15) is 48.2 Å². The Morgan fingerprint density at radius 1 is 1.27 bits per heavy atom. The van der Waals surface area contributed by atoms with Crippen LogP contribution >= 0.6 is 0 Å². The lowest BCUT2D eigenvalue weighted by molar-refractivity contribution is 0.267. The minimum absolute atomic E-state index is 0.0882. The van der Waals surface area contributed by atoms with Gasteiger partial charge in [0, 0.05) is 5.56 Å². The lowest BCUT2D eigenvalue weighted by Crippen LogP contribution is -2.06. The summed E-state index contributed by atoms with van der Waals surface area (Å²) in [5.74, 6) is 1.92. The van der Waals surface area contributed by atoms with Crippen molar-refractivity contribution in [3.05, 3.63) is 46.6 Å². The molecular weight excluding hydrogens is 278 g/mol. The van der Waals surface area contributed by atoms with Gasteiger partial charge in [0.05, 0.1) is 23.3 Å². The van der Waals surface area contributed by atoms with Gasteiger partial charge >= 0.3 is 0 Å². The van der Waals surface area contributed by atoms with Crippen LogP contribution in [0.15, 0.2) is 22.7 Å². The first-order valence-corrected chi connectivity index (χ1v) is 7.53. The molecule has 0 aliphatic carbocycles. The number of aliphatic hydroxyl groups excluding tert-OH is 1. The van der Waals surface area contributed by atoms with Crippen molar-refractivity contribution in [2.45, 2.75) is 46.8 Å². The Bertz CT molecular complexity index is 795. The number of aromatic nitrogens is 3. The van der Waals surface area contributed by atoms with Gasteiger partial charge in [0.2, 0.25) is 0 Å². The number of aryl methyl sites for hydroxylation is 2. The third kappa shape index (κ3) is 2.41. The highest BCUT2D eigenvalue weighted by atomic mass is 16.5.